The van der Waals surface area contributed by atoms with Gasteiger partial charge in [0.1, 0.15) is 0 Å². The number of ether oxygens (including phenoxy) is 2. The lowest BCUT2D eigenvalue weighted by Crippen LogP contribution is -2.08. The number of carbonyl (C=O) groups is 2. The second-order valence-electron chi connectivity index (χ2n) is 6.51. The van der Waals surface area contributed by atoms with Gasteiger partial charge in [-0.05, 0) is 64.1 Å². The molecule has 0 saturated heterocycles. The fourth-order valence-electron chi connectivity index (χ4n) is 2.98. The van der Waals surface area contributed by atoms with E-state index in [4.69, 9.17) is 9.47 Å². The molecule has 0 fully saturated rings. The van der Waals surface area contributed by atoms with Crippen LogP contribution in [0.2, 0.25) is 0 Å². The van der Waals surface area contributed by atoms with Gasteiger partial charge in [-0.15, -0.1) is 0 Å². The van der Waals surface area contributed by atoms with Gasteiger partial charge in [0.25, 0.3) is 0 Å². The number of nitrogens with zero attached hydrogens (tertiary/aromatic N) is 3. The lowest BCUT2D eigenvalue weighted by Gasteiger charge is -2.09. The first-order valence-corrected chi connectivity index (χ1v) is 9.72. The van der Waals surface area contributed by atoms with Crippen LogP contribution < -0.4 is 0 Å². The van der Waals surface area contributed by atoms with Crippen LogP contribution in [0.15, 0.2) is 42.5 Å². The molecule has 0 saturated carbocycles. The van der Waals surface area contributed by atoms with Crippen LogP contribution in [0, 0.1) is 13.8 Å². The van der Waals surface area contributed by atoms with Crippen molar-refractivity contribution in [3.63, 3.8) is 0 Å². The van der Waals surface area contributed by atoms with Crippen LogP contribution in [0.3, 0.4) is 0 Å². The van der Waals surface area contributed by atoms with Crippen LogP contribution in [-0.2, 0) is 9.47 Å². The Morgan fingerprint density at radius 3 is 1.43 bits per heavy atom. The molecule has 0 aromatic carbocycles. The normalized spacial score (nSPS) is 10.5. The van der Waals surface area contributed by atoms with Gasteiger partial charge in [-0.3, -0.25) is 9.97 Å². The first kappa shape index (κ1) is 21.1. The van der Waals surface area contributed by atoms with Gasteiger partial charge in [0.05, 0.1) is 58.5 Å². The van der Waals surface area contributed by atoms with Crippen LogP contribution in [0.1, 0.15) is 46.0 Å². The first-order chi connectivity index (χ1) is 14.4. The van der Waals surface area contributed by atoms with E-state index in [1.54, 1.807) is 52.0 Å². The quantitative estimate of drug-likeness (QED) is 0.568. The zero-order valence-electron chi connectivity index (χ0n) is 17.4. The lowest BCUT2D eigenvalue weighted by molar-refractivity contribution is 0.0515. The molecule has 7 heteroatoms. The zero-order chi connectivity index (χ0) is 21.7. The number of carbonyl (C=O) groups excluding carboxylic acids is 2. The van der Waals surface area contributed by atoms with Crippen LogP contribution >= 0.6 is 0 Å². The summed E-state index contributed by atoms with van der Waals surface area (Å²) in [5, 5.41) is 0. The molecule has 3 aromatic rings. The van der Waals surface area contributed by atoms with Crippen molar-refractivity contribution >= 4 is 11.9 Å². The predicted molar refractivity (Wildman–Crippen MR) is 112 cm³/mol. The maximum absolute atomic E-state index is 12.0. The van der Waals surface area contributed by atoms with Crippen LogP contribution in [0.4, 0.5) is 0 Å². The maximum atomic E-state index is 12.0. The molecule has 3 aromatic heterocycles. The Bertz CT molecular complexity index is 1010. The Kier molecular flexibility index (Phi) is 6.51. The van der Waals surface area contributed by atoms with Crippen molar-refractivity contribution in [3.05, 3.63) is 65.0 Å². The Balaban J connectivity index is 1.92. The van der Waals surface area contributed by atoms with Crippen molar-refractivity contribution in [2.75, 3.05) is 13.2 Å². The summed E-state index contributed by atoms with van der Waals surface area (Å²) >= 11 is 0. The minimum atomic E-state index is -0.392. The van der Waals surface area contributed by atoms with Gasteiger partial charge in [0.2, 0.25) is 0 Å². The molecule has 0 atom stereocenters. The van der Waals surface area contributed by atoms with E-state index in [1.807, 2.05) is 18.2 Å². The second-order valence-corrected chi connectivity index (χ2v) is 6.51. The standard InChI is InChI=1S/C23H23N3O4/c1-5-29-22(27)16-10-12-20(24-14(16)3)18-8-7-9-19(26-18)21-13-11-17(15(4)25-21)23(28)30-6-2/h7-13H,5-6H2,1-4H3. The highest BCUT2D eigenvalue weighted by molar-refractivity contribution is 5.91. The molecule has 0 aliphatic heterocycles. The van der Waals surface area contributed by atoms with Crippen molar-refractivity contribution in [3.8, 4) is 22.8 Å². The molecule has 0 spiro atoms. The molecule has 3 rings (SSSR count). The van der Waals surface area contributed by atoms with E-state index in [0.29, 0.717) is 58.5 Å². The van der Waals surface area contributed by atoms with Crippen molar-refractivity contribution in [1.82, 2.24) is 15.0 Å². The van der Waals surface area contributed by atoms with Gasteiger partial charge in [-0.1, -0.05) is 6.07 Å². The van der Waals surface area contributed by atoms with E-state index >= 15 is 0 Å². The molecule has 0 bridgehead atoms. The van der Waals surface area contributed by atoms with E-state index in [2.05, 4.69) is 15.0 Å². The largest absolute Gasteiger partial charge is 0.462 e. The Hall–Kier alpha value is -3.61. The summed E-state index contributed by atoms with van der Waals surface area (Å²) < 4.78 is 10.1. The van der Waals surface area contributed by atoms with Crippen molar-refractivity contribution < 1.29 is 19.1 Å². The molecule has 7 nitrogen and oxygen atoms in total. The number of aromatic nitrogens is 3. The summed E-state index contributed by atoms with van der Waals surface area (Å²) in [5.41, 5.74) is 4.61. The highest BCUT2D eigenvalue weighted by Crippen LogP contribution is 2.23. The Morgan fingerprint density at radius 2 is 1.07 bits per heavy atom. The highest BCUT2D eigenvalue weighted by Gasteiger charge is 2.15. The van der Waals surface area contributed by atoms with Gasteiger partial charge in [-0.25, -0.2) is 14.6 Å². The van der Waals surface area contributed by atoms with Crippen molar-refractivity contribution in [2.45, 2.75) is 27.7 Å². The topological polar surface area (TPSA) is 91.3 Å². The Labute approximate surface area is 175 Å². The number of rotatable bonds is 6. The van der Waals surface area contributed by atoms with Crippen LogP contribution in [-0.4, -0.2) is 40.1 Å². The van der Waals surface area contributed by atoms with Crippen LogP contribution in [0.25, 0.3) is 22.8 Å². The number of hydrogen-bond acceptors (Lipinski definition) is 7. The summed E-state index contributed by atoms with van der Waals surface area (Å²) in [6.07, 6.45) is 0. The van der Waals surface area contributed by atoms with Gasteiger partial charge in [-0.2, -0.15) is 0 Å². The molecule has 30 heavy (non-hydrogen) atoms. The highest BCUT2D eigenvalue weighted by atomic mass is 16.5. The number of hydrogen-bond donors (Lipinski definition) is 0. The molecule has 0 amide bonds. The molecule has 0 aliphatic carbocycles. The van der Waals surface area contributed by atoms with E-state index in [1.165, 1.54) is 0 Å². The summed E-state index contributed by atoms with van der Waals surface area (Å²) in [6.45, 7) is 7.67. The molecular weight excluding hydrogens is 382 g/mol. The van der Waals surface area contributed by atoms with Gasteiger partial charge >= 0.3 is 11.9 Å². The van der Waals surface area contributed by atoms with E-state index in [9.17, 15) is 9.59 Å². The number of pyridine rings is 3. The zero-order valence-corrected chi connectivity index (χ0v) is 17.4. The van der Waals surface area contributed by atoms with Crippen molar-refractivity contribution in [2.24, 2.45) is 0 Å². The molecule has 154 valence electrons. The predicted octanol–water partition coefficient (Wildman–Crippen LogP) is 4.18. The van der Waals surface area contributed by atoms with Crippen molar-refractivity contribution in [1.29, 1.82) is 0 Å². The van der Waals surface area contributed by atoms with Gasteiger partial charge in [0.15, 0.2) is 0 Å². The molecule has 0 radical (unpaired) electrons. The maximum Gasteiger partial charge on any atom is 0.339 e. The average molecular weight is 405 g/mol. The summed E-state index contributed by atoms with van der Waals surface area (Å²) in [7, 11) is 0. The SMILES string of the molecule is CCOC(=O)c1ccc(-c2cccc(-c3ccc(C(=O)OCC)c(C)n3)n2)nc1C. The van der Waals surface area contributed by atoms with Gasteiger partial charge in [0, 0.05) is 0 Å². The minimum Gasteiger partial charge on any atom is -0.462 e. The molecule has 0 aliphatic rings. The van der Waals surface area contributed by atoms with Gasteiger partial charge < -0.3 is 9.47 Å². The second kappa shape index (κ2) is 9.26. The molecule has 3 heterocycles. The molecule has 0 unspecified atom stereocenters. The third-order valence-electron chi connectivity index (χ3n) is 4.44. The minimum absolute atomic E-state index is 0.311. The third kappa shape index (κ3) is 4.51. The first-order valence-electron chi connectivity index (χ1n) is 9.72. The van der Waals surface area contributed by atoms with Crippen LogP contribution in [0.5, 0.6) is 0 Å². The Morgan fingerprint density at radius 1 is 0.667 bits per heavy atom. The van der Waals surface area contributed by atoms with E-state index in [0.717, 1.165) is 0 Å². The molecule has 0 N–H and O–H groups in total. The monoisotopic (exact) mass is 405 g/mol. The summed E-state index contributed by atoms with van der Waals surface area (Å²) in [5.74, 6) is -0.783. The van der Waals surface area contributed by atoms with E-state index in [-0.39, 0.29) is 0 Å². The average Bonchev–Trinajstić information content (AvgIpc) is 2.74. The summed E-state index contributed by atoms with van der Waals surface area (Å²) in [4.78, 5) is 37.6. The summed E-state index contributed by atoms with van der Waals surface area (Å²) in [6, 6.07) is 12.4. The lowest BCUT2D eigenvalue weighted by atomic mass is 10.1. The number of aryl methyl sites for hydroxylation is 2. The fourth-order valence-corrected chi connectivity index (χ4v) is 2.98. The number of esters is 2. The molecular formula is C23H23N3O4. The van der Waals surface area contributed by atoms with E-state index < -0.39 is 11.9 Å². The fraction of sp³-hybridized carbons (Fsp3) is 0.261. The third-order valence-corrected chi connectivity index (χ3v) is 4.44. The smallest absolute Gasteiger partial charge is 0.339 e.